The largest absolute Gasteiger partial charge is 0.480 e. The molecule has 88 valence electrons. The van der Waals surface area contributed by atoms with E-state index in [-0.39, 0.29) is 11.8 Å². The lowest BCUT2D eigenvalue weighted by molar-refractivity contribution is -0.136. The van der Waals surface area contributed by atoms with Crippen LogP contribution in [-0.2, 0) is 15.6 Å². The van der Waals surface area contributed by atoms with Crippen molar-refractivity contribution in [1.82, 2.24) is 0 Å². The lowest BCUT2D eigenvalue weighted by atomic mass is 9.91. The molecule has 0 aromatic carbocycles. The Balaban J connectivity index is 2.61. The van der Waals surface area contributed by atoms with E-state index in [0.717, 1.165) is 25.7 Å². The summed E-state index contributed by atoms with van der Waals surface area (Å²) in [7, 11) is -1.32. The molecular weight excluding hydrogens is 214 g/mol. The summed E-state index contributed by atoms with van der Waals surface area (Å²) in [6.07, 6.45) is 3.96. The minimum absolute atomic E-state index is 0.0263. The van der Waals surface area contributed by atoms with Gasteiger partial charge in [0.1, 0.15) is 5.25 Å². The van der Waals surface area contributed by atoms with Gasteiger partial charge in [0.25, 0.3) is 0 Å². The monoisotopic (exact) mass is 233 g/mol. The Bertz CT molecular complexity index is 257. The Morgan fingerprint density at radius 2 is 2.27 bits per heavy atom. The second kappa shape index (κ2) is 5.61. The molecule has 0 aliphatic heterocycles. The number of carboxylic acid groups (broad SMARTS) is 1. The summed E-state index contributed by atoms with van der Waals surface area (Å²) in [6, 6.07) is 0. The maximum atomic E-state index is 12.0. The first-order valence-corrected chi connectivity index (χ1v) is 6.66. The molecule has 1 rings (SSSR count). The van der Waals surface area contributed by atoms with Gasteiger partial charge in [-0.05, 0) is 18.8 Å². The average molecular weight is 233 g/mol. The van der Waals surface area contributed by atoms with Gasteiger partial charge in [-0.25, -0.2) is 0 Å². The molecule has 0 radical (unpaired) electrons. The van der Waals surface area contributed by atoms with Crippen LogP contribution in [0.3, 0.4) is 0 Å². The van der Waals surface area contributed by atoms with Gasteiger partial charge in [-0.15, -0.1) is 0 Å². The molecule has 1 saturated carbocycles. The van der Waals surface area contributed by atoms with Crippen molar-refractivity contribution >= 4 is 16.8 Å². The fourth-order valence-electron chi connectivity index (χ4n) is 2.12. The van der Waals surface area contributed by atoms with Crippen molar-refractivity contribution < 1.29 is 14.1 Å². The van der Waals surface area contributed by atoms with Crippen LogP contribution in [-0.4, -0.2) is 32.3 Å². The molecule has 0 saturated heterocycles. The van der Waals surface area contributed by atoms with Crippen molar-refractivity contribution in [1.29, 1.82) is 0 Å². The maximum absolute atomic E-state index is 12.0. The third-order valence-electron chi connectivity index (χ3n) is 2.99. The van der Waals surface area contributed by atoms with Crippen molar-refractivity contribution in [2.75, 3.05) is 6.54 Å². The first-order valence-electron chi connectivity index (χ1n) is 5.38. The van der Waals surface area contributed by atoms with Crippen LogP contribution in [0, 0.1) is 5.92 Å². The van der Waals surface area contributed by atoms with E-state index in [2.05, 4.69) is 6.92 Å². The summed E-state index contributed by atoms with van der Waals surface area (Å²) in [5.41, 5.74) is 5.34. The molecule has 4 nitrogen and oxygen atoms in total. The van der Waals surface area contributed by atoms with Crippen molar-refractivity contribution in [3.8, 4) is 0 Å². The molecule has 1 fully saturated rings. The van der Waals surface area contributed by atoms with Gasteiger partial charge in [0, 0.05) is 22.6 Å². The van der Waals surface area contributed by atoms with Crippen molar-refractivity contribution in [3.05, 3.63) is 0 Å². The standard InChI is InChI=1S/C10H19NO3S/c1-7-3-2-4-8(5-7)15(14)9(6-11)10(12)13/h7-9H,2-6,11H2,1H3,(H,12,13). The fourth-order valence-corrected chi connectivity index (χ4v) is 3.89. The lowest BCUT2D eigenvalue weighted by Crippen LogP contribution is -2.39. The second-order valence-corrected chi connectivity index (χ2v) is 6.18. The summed E-state index contributed by atoms with van der Waals surface area (Å²) < 4.78 is 12.0. The predicted molar refractivity (Wildman–Crippen MR) is 60.0 cm³/mol. The van der Waals surface area contributed by atoms with Crippen LogP contribution >= 0.6 is 0 Å². The van der Waals surface area contributed by atoms with E-state index >= 15 is 0 Å². The predicted octanol–water partition coefficient (Wildman–Crippen LogP) is 0.726. The number of rotatable bonds is 4. The zero-order valence-electron chi connectivity index (χ0n) is 9.02. The van der Waals surface area contributed by atoms with E-state index in [1.165, 1.54) is 0 Å². The zero-order valence-corrected chi connectivity index (χ0v) is 9.83. The summed E-state index contributed by atoms with van der Waals surface area (Å²) in [5, 5.41) is 8.00. The van der Waals surface area contributed by atoms with Gasteiger partial charge in [-0.2, -0.15) is 0 Å². The highest BCUT2D eigenvalue weighted by Gasteiger charge is 2.32. The normalized spacial score (nSPS) is 30.8. The lowest BCUT2D eigenvalue weighted by Gasteiger charge is -2.27. The molecule has 0 bridgehead atoms. The molecule has 3 N–H and O–H groups in total. The molecule has 1 aliphatic carbocycles. The van der Waals surface area contributed by atoms with E-state index in [1.54, 1.807) is 0 Å². The molecule has 4 atom stereocenters. The molecular formula is C10H19NO3S. The van der Waals surface area contributed by atoms with Crippen LogP contribution in [0.15, 0.2) is 0 Å². The van der Waals surface area contributed by atoms with E-state index in [0.29, 0.717) is 5.92 Å². The number of carbonyl (C=O) groups is 1. The van der Waals surface area contributed by atoms with Gasteiger partial charge in [0.05, 0.1) is 0 Å². The maximum Gasteiger partial charge on any atom is 0.320 e. The van der Waals surface area contributed by atoms with Crippen LogP contribution in [0.4, 0.5) is 0 Å². The van der Waals surface area contributed by atoms with Crippen molar-refractivity contribution in [2.24, 2.45) is 11.7 Å². The van der Waals surface area contributed by atoms with Crippen LogP contribution in [0.25, 0.3) is 0 Å². The Morgan fingerprint density at radius 3 is 2.73 bits per heavy atom. The Hall–Kier alpha value is -0.420. The average Bonchev–Trinajstić information content (AvgIpc) is 2.18. The van der Waals surface area contributed by atoms with Crippen LogP contribution in [0.1, 0.15) is 32.6 Å². The minimum Gasteiger partial charge on any atom is -0.480 e. The Kier molecular flexibility index (Phi) is 4.73. The number of hydrogen-bond donors (Lipinski definition) is 2. The Morgan fingerprint density at radius 1 is 1.60 bits per heavy atom. The summed E-state index contributed by atoms with van der Waals surface area (Å²) in [5.74, 6) is -0.478. The Labute approximate surface area is 92.7 Å². The number of aliphatic carboxylic acids is 1. The van der Waals surface area contributed by atoms with E-state index in [1.807, 2.05) is 0 Å². The summed E-state index contributed by atoms with van der Waals surface area (Å²) >= 11 is 0. The van der Waals surface area contributed by atoms with E-state index in [4.69, 9.17) is 10.8 Å². The van der Waals surface area contributed by atoms with Gasteiger partial charge in [0.2, 0.25) is 0 Å². The van der Waals surface area contributed by atoms with E-state index in [9.17, 15) is 9.00 Å². The van der Waals surface area contributed by atoms with Gasteiger partial charge in [-0.3, -0.25) is 9.00 Å². The molecule has 0 amide bonds. The molecule has 0 spiro atoms. The second-order valence-electron chi connectivity index (χ2n) is 4.28. The van der Waals surface area contributed by atoms with Crippen molar-refractivity contribution in [2.45, 2.75) is 43.1 Å². The van der Waals surface area contributed by atoms with Gasteiger partial charge < -0.3 is 10.8 Å². The van der Waals surface area contributed by atoms with Crippen LogP contribution in [0.5, 0.6) is 0 Å². The quantitative estimate of drug-likeness (QED) is 0.750. The van der Waals surface area contributed by atoms with Crippen molar-refractivity contribution in [3.63, 3.8) is 0 Å². The molecule has 0 aromatic rings. The molecule has 1 aliphatic rings. The molecule has 4 unspecified atom stereocenters. The van der Waals surface area contributed by atoms with Crippen LogP contribution < -0.4 is 5.73 Å². The third-order valence-corrected chi connectivity index (χ3v) is 5.03. The molecule has 5 heteroatoms. The highest BCUT2D eigenvalue weighted by molar-refractivity contribution is 7.87. The first-order chi connectivity index (χ1) is 7.06. The highest BCUT2D eigenvalue weighted by Crippen LogP contribution is 2.28. The highest BCUT2D eigenvalue weighted by atomic mass is 32.2. The van der Waals surface area contributed by atoms with Crippen LogP contribution in [0.2, 0.25) is 0 Å². The zero-order chi connectivity index (χ0) is 11.4. The first kappa shape index (κ1) is 12.6. The molecule has 0 heterocycles. The molecule has 15 heavy (non-hydrogen) atoms. The fraction of sp³-hybridized carbons (Fsp3) is 0.900. The minimum atomic E-state index is -1.32. The van der Waals surface area contributed by atoms with Gasteiger partial charge >= 0.3 is 5.97 Å². The number of hydrogen-bond acceptors (Lipinski definition) is 3. The topological polar surface area (TPSA) is 80.4 Å². The smallest absolute Gasteiger partial charge is 0.320 e. The SMILES string of the molecule is CC1CCCC(S(=O)C(CN)C(=O)O)C1. The van der Waals surface area contributed by atoms with E-state index < -0.39 is 22.0 Å². The summed E-state index contributed by atoms with van der Waals surface area (Å²) in [4.78, 5) is 10.8. The third kappa shape index (κ3) is 3.28. The number of carboxylic acids is 1. The van der Waals surface area contributed by atoms with Gasteiger partial charge in [-0.1, -0.05) is 19.8 Å². The number of nitrogens with two attached hydrogens (primary N) is 1. The summed E-state index contributed by atoms with van der Waals surface area (Å²) in [6.45, 7) is 2.09. The van der Waals surface area contributed by atoms with Gasteiger partial charge in [0.15, 0.2) is 0 Å². The molecule has 0 aromatic heterocycles.